The van der Waals surface area contributed by atoms with Gasteiger partial charge in [0.05, 0.1) is 0 Å². The zero-order valence-electron chi connectivity index (χ0n) is 14.9. The van der Waals surface area contributed by atoms with Crippen LogP contribution in [0.3, 0.4) is 0 Å². The van der Waals surface area contributed by atoms with E-state index in [0.29, 0.717) is 17.9 Å². The van der Waals surface area contributed by atoms with Crippen molar-refractivity contribution in [2.75, 3.05) is 13.1 Å². The number of hydrogen-bond acceptors (Lipinski definition) is 5. The van der Waals surface area contributed by atoms with Crippen LogP contribution in [0.25, 0.3) is 11.0 Å². The molecule has 0 bridgehead atoms. The lowest BCUT2D eigenvalue weighted by Gasteiger charge is -2.35. The molecule has 0 radical (unpaired) electrons. The van der Waals surface area contributed by atoms with Crippen LogP contribution in [0.15, 0.2) is 22.8 Å². The third-order valence-corrected chi connectivity index (χ3v) is 7.52. The lowest BCUT2D eigenvalue weighted by atomic mass is 9.85. The van der Waals surface area contributed by atoms with Crippen LogP contribution >= 0.6 is 0 Å². The minimum absolute atomic E-state index is 0.257. The quantitative estimate of drug-likeness (QED) is 0.832. The predicted molar refractivity (Wildman–Crippen MR) is 95.3 cm³/mol. The van der Waals surface area contributed by atoms with Gasteiger partial charge in [0.25, 0.3) is 0 Å². The largest absolute Gasteiger partial charge is 0.338 e. The standard InChI is InChI=1S/C20H24N4O2/c25-19-20-9-4-10-24(20)17(15-7-3-8-16-18(15)22-26-21-16)11-13(20)12-23(19)14-5-1-2-6-14/h3,7-8,13-14,17H,1-2,4-6,9-12H2/t13-,17-,20-/m0/s1. The maximum atomic E-state index is 13.6. The highest BCUT2D eigenvalue weighted by molar-refractivity contribution is 5.91. The van der Waals surface area contributed by atoms with E-state index >= 15 is 0 Å². The Bertz CT molecular complexity index is 874. The SMILES string of the molecule is O=C1N(C2CCCC2)C[C@@H]2C[C@@H](c3cccc4nonc34)N3CCC[C@@]123. The van der Waals surface area contributed by atoms with E-state index in [1.165, 1.54) is 31.2 Å². The van der Waals surface area contributed by atoms with E-state index < -0.39 is 0 Å². The zero-order valence-corrected chi connectivity index (χ0v) is 14.9. The van der Waals surface area contributed by atoms with E-state index in [9.17, 15) is 4.79 Å². The molecule has 4 heterocycles. The van der Waals surface area contributed by atoms with Crippen molar-refractivity contribution in [3.05, 3.63) is 23.8 Å². The van der Waals surface area contributed by atoms with Gasteiger partial charge < -0.3 is 4.90 Å². The minimum Gasteiger partial charge on any atom is -0.338 e. The van der Waals surface area contributed by atoms with E-state index in [0.717, 1.165) is 43.4 Å². The van der Waals surface area contributed by atoms with E-state index in [2.05, 4.69) is 26.2 Å². The van der Waals surface area contributed by atoms with Crippen molar-refractivity contribution in [2.45, 2.75) is 62.6 Å². The first kappa shape index (κ1) is 15.1. The third kappa shape index (κ3) is 1.78. The number of likely N-dealkylation sites (tertiary alicyclic amines) is 1. The monoisotopic (exact) mass is 352 g/mol. The van der Waals surface area contributed by atoms with Gasteiger partial charge in [0, 0.05) is 30.1 Å². The Balaban J connectivity index is 1.39. The smallest absolute Gasteiger partial charge is 0.243 e. The summed E-state index contributed by atoms with van der Waals surface area (Å²) in [5, 5.41) is 8.16. The Morgan fingerprint density at radius 1 is 1.15 bits per heavy atom. The van der Waals surface area contributed by atoms with Crippen molar-refractivity contribution in [3.63, 3.8) is 0 Å². The van der Waals surface area contributed by atoms with E-state index in [1.54, 1.807) is 0 Å². The van der Waals surface area contributed by atoms with Crippen LogP contribution in [0.1, 0.15) is 56.6 Å². The zero-order chi connectivity index (χ0) is 17.3. The first-order valence-corrected chi connectivity index (χ1v) is 10.1. The molecule has 1 aliphatic carbocycles. The Kier molecular flexibility index (Phi) is 3.08. The molecule has 6 rings (SSSR count). The topological polar surface area (TPSA) is 62.5 Å². The van der Waals surface area contributed by atoms with Gasteiger partial charge in [-0.3, -0.25) is 9.69 Å². The minimum atomic E-state index is -0.257. The Hall–Kier alpha value is -1.95. The van der Waals surface area contributed by atoms with Crippen LogP contribution in [0, 0.1) is 5.92 Å². The van der Waals surface area contributed by atoms with Crippen molar-refractivity contribution in [3.8, 4) is 0 Å². The normalized spacial score (nSPS) is 34.9. The highest BCUT2D eigenvalue weighted by Gasteiger charge is 2.66. The van der Waals surface area contributed by atoms with Crippen molar-refractivity contribution in [1.29, 1.82) is 0 Å². The highest BCUT2D eigenvalue weighted by Crippen LogP contribution is 2.57. The number of amides is 1. The molecule has 6 heteroatoms. The molecular weight excluding hydrogens is 328 g/mol. The molecule has 6 nitrogen and oxygen atoms in total. The van der Waals surface area contributed by atoms with Crippen LogP contribution in [0.4, 0.5) is 0 Å². The predicted octanol–water partition coefficient (Wildman–Crippen LogP) is 2.90. The average Bonchev–Trinajstić information content (AvgIpc) is 3.44. The summed E-state index contributed by atoms with van der Waals surface area (Å²) in [6, 6.07) is 6.87. The van der Waals surface area contributed by atoms with Gasteiger partial charge >= 0.3 is 0 Å². The van der Waals surface area contributed by atoms with Gasteiger partial charge in [-0.1, -0.05) is 25.0 Å². The molecule has 1 aromatic carbocycles. The molecule has 3 aliphatic heterocycles. The summed E-state index contributed by atoms with van der Waals surface area (Å²) < 4.78 is 4.98. The second-order valence-corrected chi connectivity index (χ2v) is 8.54. The first-order chi connectivity index (χ1) is 12.8. The van der Waals surface area contributed by atoms with E-state index in [-0.39, 0.29) is 11.6 Å². The van der Waals surface area contributed by atoms with Crippen LogP contribution in [0.5, 0.6) is 0 Å². The van der Waals surface area contributed by atoms with E-state index in [1.807, 2.05) is 12.1 Å². The van der Waals surface area contributed by atoms with Crippen LogP contribution in [0.2, 0.25) is 0 Å². The second kappa shape index (κ2) is 5.28. The van der Waals surface area contributed by atoms with Gasteiger partial charge in [-0.25, -0.2) is 4.63 Å². The fraction of sp³-hybridized carbons (Fsp3) is 0.650. The first-order valence-electron chi connectivity index (χ1n) is 10.1. The van der Waals surface area contributed by atoms with Crippen LogP contribution < -0.4 is 0 Å². The summed E-state index contributed by atoms with van der Waals surface area (Å²) in [6.45, 7) is 1.95. The summed E-state index contributed by atoms with van der Waals surface area (Å²) in [6.07, 6.45) is 8.12. The van der Waals surface area contributed by atoms with Gasteiger partial charge in [-0.05, 0) is 55.0 Å². The molecule has 0 unspecified atom stereocenters. The summed E-state index contributed by atoms with van der Waals surface area (Å²) in [5.41, 5.74) is 2.60. The van der Waals surface area contributed by atoms with Crippen LogP contribution in [-0.2, 0) is 4.79 Å². The fourth-order valence-electron chi connectivity index (χ4n) is 6.45. The van der Waals surface area contributed by atoms with Gasteiger partial charge in [0.15, 0.2) is 0 Å². The number of hydrogen-bond donors (Lipinski definition) is 0. The van der Waals surface area contributed by atoms with Crippen molar-refractivity contribution < 1.29 is 9.42 Å². The van der Waals surface area contributed by atoms with Gasteiger partial charge in [0.2, 0.25) is 5.91 Å². The molecule has 26 heavy (non-hydrogen) atoms. The summed E-state index contributed by atoms with van der Waals surface area (Å²) in [5.74, 6) is 0.859. The van der Waals surface area contributed by atoms with Crippen molar-refractivity contribution in [1.82, 2.24) is 20.1 Å². The molecule has 2 aromatic rings. The molecular formula is C20H24N4O2. The summed E-state index contributed by atoms with van der Waals surface area (Å²) in [7, 11) is 0. The Labute approximate surface area is 152 Å². The lowest BCUT2D eigenvalue weighted by molar-refractivity contribution is -0.138. The van der Waals surface area contributed by atoms with Gasteiger partial charge in [0.1, 0.15) is 16.6 Å². The second-order valence-electron chi connectivity index (χ2n) is 8.54. The maximum absolute atomic E-state index is 13.6. The molecule has 4 fully saturated rings. The lowest BCUT2D eigenvalue weighted by Crippen LogP contribution is -2.51. The van der Waals surface area contributed by atoms with Crippen molar-refractivity contribution in [2.24, 2.45) is 5.92 Å². The van der Waals surface area contributed by atoms with Crippen LogP contribution in [-0.4, -0.2) is 50.7 Å². The van der Waals surface area contributed by atoms with Gasteiger partial charge in [-0.2, -0.15) is 0 Å². The molecule has 1 aromatic heterocycles. The number of benzene rings is 1. The summed E-state index contributed by atoms with van der Waals surface area (Å²) >= 11 is 0. The highest BCUT2D eigenvalue weighted by atomic mass is 16.6. The molecule has 3 atom stereocenters. The fourth-order valence-corrected chi connectivity index (χ4v) is 6.45. The third-order valence-electron chi connectivity index (χ3n) is 7.52. The number of carbonyl (C=O) groups is 1. The van der Waals surface area contributed by atoms with Gasteiger partial charge in [-0.15, -0.1) is 0 Å². The molecule has 3 saturated heterocycles. The Morgan fingerprint density at radius 3 is 2.92 bits per heavy atom. The van der Waals surface area contributed by atoms with Crippen molar-refractivity contribution >= 4 is 16.9 Å². The number of aromatic nitrogens is 2. The number of rotatable bonds is 2. The number of carbonyl (C=O) groups excluding carboxylic acids is 1. The maximum Gasteiger partial charge on any atom is 0.243 e. The molecule has 1 amide bonds. The number of fused-ring (bicyclic) bond motifs is 1. The molecule has 1 spiro atoms. The van der Waals surface area contributed by atoms with E-state index in [4.69, 9.17) is 4.63 Å². The Morgan fingerprint density at radius 2 is 2.04 bits per heavy atom. The molecule has 1 saturated carbocycles. The average molecular weight is 352 g/mol. The molecule has 136 valence electrons. The molecule has 0 N–H and O–H groups in total. The number of nitrogens with zero attached hydrogens (tertiary/aromatic N) is 4. The summed E-state index contributed by atoms with van der Waals surface area (Å²) in [4.78, 5) is 18.4. The molecule has 4 aliphatic rings.